The predicted octanol–water partition coefficient (Wildman–Crippen LogP) is 4.97. The van der Waals surface area contributed by atoms with E-state index in [1.165, 1.54) is 7.11 Å². The minimum Gasteiger partial charge on any atom is -0.467 e. The monoisotopic (exact) mass is 343 g/mol. The van der Waals surface area contributed by atoms with Crippen LogP contribution in [0.3, 0.4) is 0 Å². The molecule has 0 saturated carbocycles. The molecule has 1 N–H and O–H groups in total. The predicted molar refractivity (Wildman–Crippen MR) is 86.3 cm³/mol. The third kappa shape index (κ3) is 3.82. The van der Waals surface area contributed by atoms with Crippen LogP contribution in [0.1, 0.15) is 11.6 Å². The number of ether oxygens (including phenoxy) is 1. The van der Waals surface area contributed by atoms with Gasteiger partial charge in [-0.25, -0.2) is 4.79 Å². The van der Waals surface area contributed by atoms with Crippen molar-refractivity contribution in [3.63, 3.8) is 0 Å². The lowest BCUT2D eigenvalue weighted by Gasteiger charge is -2.20. The molecule has 0 radical (unpaired) electrons. The van der Waals surface area contributed by atoms with E-state index >= 15 is 0 Å². The van der Waals surface area contributed by atoms with Crippen molar-refractivity contribution in [2.24, 2.45) is 0 Å². The molecular formula is C15H12Cl3NO2. The number of esters is 1. The molecule has 0 saturated heterocycles. The van der Waals surface area contributed by atoms with Gasteiger partial charge in [0, 0.05) is 15.6 Å². The summed E-state index contributed by atoms with van der Waals surface area (Å²) in [6.07, 6.45) is 0. The van der Waals surface area contributed by atoms with Gasteiger partial charge in [-0.2, -0.15) is 0 Å². The number of rotatable bonds is 4. The van der Waals surface area contributed by atoms with Gasteiger partial charge in [0.05, 0.1) is 17.8 Å². The zero-order chi connectivity index (χ0) is 15.4. The third-order valence-electron chi connectivity index (χ3n) is 2.88. The Balaban J connectivity index is 2.40. The van der Waals surface area contributed by atoms with E-state index in [1.807, 2.05) is 6.07 Å². The Hall–Kier alpha value is -1.42. The normalized spacial score (nSPS) is 11.8. The van der Waals surface area contributed by atoms with Gasteiger partial charge in [-0.1, -0.05) is 53.0 Å². The molecule has 0 fully saturated rings. The van der Waals surface area contributed by atoms with Crippen LogP contribution >= 0.6 is 34.8 Å². The van der Waals surface area contributed by atoms with E-state index in [1.54, 1.807) is 36.4 Å². The summed E-state index contributed by atoms with van der Waals surface area (Å²) < 4.78 is 4.83. The lowest BCUT2D eigenvalue weighted by atomic mass is 10.1. The Morgan fingerprint density at radius 1 is 1.10 bits per heavy atom. The molecule has 0 aliphatic heterocycles. The van der Waals surface area contributed by atoms with Crippen LogP contribution in [0.5, 0.6) is 0 Å². The fourth-order valence-electron chi connectivity index (χ4n) is 1.85. The van der Waals surface area contributed by atoms with Gasteiger partial charge in [-0.05, 0) is 24.3 Å². The van der Waals surface area contributed by atoms with Crippen LogP contribution in [0.15, 0.2) is 42.5 Å². The van der Waals surface area contributed by atoms with Crippen molar-refractivity contribution < 1.29 is 9.53 Å². The van der Waals surface area contributed by atoms with E-state index in [-0.39, 0.29) is 0 Å². The maximum atomic E-state index is 12.0. The van der Waals surface area contributed by atoms with E-state index < -0.39 is 12.0 Å². The summed E-state index contributed by atoms with van der Waals surface area (Å²) in [4.78, 5) is 12.0. The molecule has 1 unspecified atom stereocenters. The number of hydrogen-bond acceptors (Lipinski definition) is 3. The quantitative estimate of drug-likeness (QED) is 0.796. The molecule has 0 heterocycles. The number of methoxy groups -OCH3 is 1. The second-order valence-electron chi connectivity index (χ2n) is 4.25. The Morgan fingerprint density at radius 3 is 2.43 bits per heavy atom. The van der Waals surface area contributed by atoms with Gasteiger partial charge in [-0.3, -0.25) is 0 Å². The van der Waals surface area contributed by atoms with Crippen LogP contribution < -0.4 is 5.32 Å². The molecule has 0 aromatic heterocycles. The number of anilines is 1. The Kier molecular flexibility index (Phi) is 5.34. The number of para-hydroxylation sites is 1. The second-order valence-corrected chi connectivity index (χ2v) is 5.50. The number of nitrogens with one attached hydrogen (secondary N) is 1. The molecule has 110 valence electrons. The van der Waals surface area contributed by atoms with Crippen LogP contribution in [-0.4, -0.2) is 13.1 Å². The lowest BCUT2D eigenvalue weighted by Crippen LogP contribution is -2.22. The largest absolute Gasteiger partial charge is 0.467 e. The van der Waals surface area contributed by atoms with Gasteiger partial charge in [0.15, 0.2) is 6.04 Å². The Labute approximate surface area is 137 Å². The van der Waals surface area contributed by atoms with E-state index in [0.29, 0.717) is 26.3 Å². The molecule has 6 heteroatoms. The van der Waals surface area contributed by atoms with E-state index in [9.17, 15) is 4.79 Å². The highest BCUT2D eigenvalue weighted by Gasteiger charge is 2.24. The summed E-state index contributed by atoms with van der Waals surface area (Å²) >= 11 is 18.1. The molecule has 0 spiro atoms. The molecule has 0 bridgehead atoms. The average molecular weight is 345 g/mol. The lowest BCUT2D eigenvalue weighted by molar-refractivity contribution is -0.141. The first-order valence-corrected chi connectivity index (χ1v) is 7.20. The molecule has 0 aliphatic carbocycles. The molecule has 1 atom stereocenters. The minimum atomic E-state index is -0.778. The van der Waals surface area contributed by atoms with Gasteiger partial charge in [-0.15, -0.1) is 0 Å². The fourth-order valence-corrected chi connectivity index (χ4v) is 2.56. The third-order valence-corrected chi connectivity index (χ3v) is 3.78. The van der Waals surface area contributed by atoms with Gasteiger partial charge in [0.2, 0.25) is 0 Å². The SMILES string of the molecule is COC(=O)C(Nc1ccccc1Cl)c1ccc(Cl)cc1Cl. The molecule has 0 aliphatic rings. The molecule has 2 rings (SSSR count). The van der Waals surface area contributed by atoms with Crippen LogP contribution in [-0.2, 0) is 9.53 Å². The molecule has 2 aromatic rings. The van der Waals surface area contributed by atoms with Crippen molar-refractivity contribution in [3.05, 3.63) is 63.1 Å². The maximum Gasteiger partial charge on any atom is 0.333 e. The Bertz CT molecular complexity index is 661. The Morgan fingerprint density at radius 2 is 1.81 bits per heavy atom. The number of hydrogen-bond donors (Lipinski definition) is 1. The second kappa shape index (κ2) is 7.03. The summed E-state index contributed by atoms with van der Waals surface area (Å²) in [7, 11) is 1.31. The zero-order valence-electron chi connectivity index (χ0n) is 11.1. The summed E-state index contributed by atoms with van der Waals surface area (Å²) in [6, 6.07) is 11.2. The number of benzene rings is 2. The van der Waals surface area contributed by atoms with Crippen molar-refractivity contribution in [3.8, 4) is 0 Å². The van der Waals surface area contributed by atoms with Crippen LogP contribution in [0.4, 0.5) is 5.69 Å². The standard InChI is InChI=1S/C15H12Cl3NO2/c1-21-15(20)14(10-7-6-9(16)8-12(10)18)19-13-5-3-2-4-11(13)17/h2-8,14,19H,1H3. The van der Waals surface area contributed by atoms with Crippen LogP contribution in [0.2, 0.25) is 15.1 Å². The van der Waals surface area contributed by atoms with Gasteiger partial charge >= 0.3 is 5.97 Å². The van der Waals surface area contributed by atoms with E-state index in [0.717, 1.165) is 0 Å². The smallest absolute Gasteiger partial charge is 0.333 e. The number of carbonyl (C=O) groups excluding carboxylic acids is 1. The highest BCUT2D eigenvalue weighted by atomic mass is 35.5. The molecular weight excluding hydrogens is 333 g/mol. The highest BCUT2D eigenvalue weighted by Crippen LogP contribution is 2.31. The maximum absolute atomic E-state index is 12.0. The highest BCUT2D eigenvalue weighted by molar-refractivity contribution is 6.35. The van der Waals surface area contributed by atoms with E-state index in [4.69, 9.17) is 39.5 Å². The van der Waals surface area contributed by atoms with Crippen LogP contribution in [0.25, 0.3) is 0 Å². The fraction of sp³-hybridized carbons (Fsp3) is 0.133. The van der Waals surface area contributed by atoms with Crippen LogP contribution in [0, 0.1) is 0 Å². The molecule has 0 amide bonds. The van der Waals surface area contributed by atoms with Crippen molar-refractivity contribution >= 4 is 46.5 Å². The first kappa shape index (κ1) is 16.0. The number of carbonyl (C=O) groups is 1. The van der Waals surface area contributed by atoms with Crippen molar-refractivity contribution in [2.45, 2.75) is 6.04 Å². The zero-order valence-corrected chi connectivity index (χ0v) is 13.3. The molecule has 3 nitrogen and oxygen atoms in total. The first-order valence-electron chi connectivity index (χ1n) is 6.06. The van der Waals surface area contributed by atoms with Gasteiger partial charge < -0.3 is 10.1 Å². The van der Waals surface area contributed by atoms with E-state index in [2.05, 4.69) is 5.32 Å². The minimum absolute atomic E-state index is 0.373. The van der Waals surface area contributed by atoms with Crippen molar-refractivity contribution in [2.75, 3.05) is 12.4 Å². The van der Waals surface area contributed by atoms with Crippen molar-refractivity contribution in [1.29, 1.82) is 0 Å². The van der Waals surface area contributed by atoms with Gasteiger partial charge in [0.1, 0.15) is 0 Å². The molecule has 2 aromatic carbocycles. The van der Waals surface area contributed by atoms with Crippen molar-refractivity contribution in [1.82, 2.24) is 0 Å². The summed E-state index contributed by atoms with van der Waals surface area (Å²) in [5.41, 5.74) is 1.17. The summed E-state index contributed by atoms with van der Waals surface area (Å²) in [6.45, 7) is 0. The summed E-state index contributed by atoms with van der Waals surface area (Å²) in [5, 5.41) is 4.40. The first-order chi connectivity index (χ1) is 10.0. The average Bonchev–Trinajstić information content (AvgIpc) is 2.46. The number of halogens is 3. The molecule has 21 heavy (non-hydrogen) atoms. The van der Waals surface area contributed by atoms with Gasteiger partial charge in [0.25, 0.3) is 0 Å². The summed E-state index contributed by atoms with van der Waals surface area (Å²) in [5.74, 6) is -0.473. The topological polar surface area (TPSA) is 38.3 Å².